The van der Waals surface area contributed by atoms with E-state index in [9.17, 15) is 9.18 Å². The molecule has 1 aromatic heterocycles. The second kappa shape index (κ2) is 6.52. The molecule has 0 unspecified atom stereocenters. The number of fused-ring (bicyclic) bond motifs is 1. The van der Waals surface area contributed by atoms with E-state index in [1.54, 1.807) is 10.6 Å². The van der Waals surface area contributed by atoms with E-state index in [1.807, 2.05) is 0 Å². The molecule has 0 saturated carbocycles. The molecule has 0 atom stereocenters. The van der Waals surface area contributed by atoms with E-state index in [4.69, 9.17) is 4.74 Å². The highest BCUT2D eigenvalue weighted by Gasteiger charge is 2.06. The van der Waals surface area contributed by atoms with Crippen LogP contribution >= 0.6 is 0 Å². The van der Waals surface area contributed by atoms with Crippen molar-refractivity contribution in [3.63, 3.8) is 0 Å². The largest absolute Gasteiger partial charge is 0.381 e. The van der Waals surface area contributed by atoms with E-state index in [0.717, 1.165) is 31.4 Å². The second-order valence-corrected chi connectivity index (χ2v) is 4.56. The highest BCUT2D eigenvalue weighted by atomic mass is 19.1. The smallest absolute Gasteiger partial charge is 0.326 e. The molecule has 1 aromatic carbocycles. The van der Waals surface area contributed by atoms with Crippen molar-refractivity contribution >= 4 is 11.0 Å². The van der Waals surface area contributed by atoms with Crippen LogP contribution in [0.4, 0.5) is 4.39 Å². The Morgan fingerprint density at radius 2 is 2.11 bits per heavy atom. The van der Waals surface area contributed by atoms with Crippen LogP contribution in [-0.2, 0) is 11.3 Å². The first-order valence-corrected chi connectivity index (χ1v) is 6.68. The minimum atomic E-state index is -0.344. The number of imidazole rings is 1. The number of hydrogen-bond donors (Lipinski definition) is 1. The van der Waals surface area contributed by atoms with Crippen LogP contribution in [0, 0.1) is 5.82 Å². The summed E-state index contributed by atoms with van der Waals surface area (Å²) in [5.74, 6) is -0.344. The Hall–Kier alpha value is -1.62. The number of rotatable bonds is 7. The Balaban J connectivity index is 1.97. The van der Waals surface area contributed by atoms with E-state index in [1.165, 1.54) is 12.1 Å². The molecule has 104 valence electrons. The fourth-order valence-electron chi connectivity index (χ4n) is 2.03. The summed E-state index contributed by atoms with van der Waals surface area (Å²) in [6, 6.07) is 4.33. The third-order valence-electron chi connectivity index (χ3n) is 3.05. The van der Waals surface area contributed by atoms with Crippen LogP contribution in [0.1, 0.15) is 26.2 Å². The van der Waals surface area contributed by atoms with Crippen LogP contribution in [0.15, 0.2) is 23.0 Å². The van der Waals surface area contributed by atoms with E-state index in [0.29, 0.717) is 18.7 Å². The summed E-state index contributed by atoms with van der Waals surface area (Å²) in [7, 11) is 0. The number of aryl methyl sites for hydroxylation is 1. The van der Waals surface area contributed by atoms with Crippen LogP contribution in [0.3, 0.4) is 0 Å². The maximum Gasteiger partial charge on any atom is 0.326 e. The van der Waals surface area contributed by atoms with E-state index in [2.05, 4.69) is 11.9 Å². The highest BCUT2D eigenvalue weighted by Crippen LogP contribution is 2.12. The Labute approximate surface area is 111 Å². The molecule has 0 aliphatic carbocycles. The second-order valence-electron chi connectivity index (χ2n) is 4.56. The van der Waals surface area contributed by atoms with Crippen LogP contribution in [0.5, 0.6) is 0 Å². The van der Waals surface area contributed by atoms with Crippen molar-refractivity contribution in [3.8, 4) is 0 Å². The molecule has 2 aromatic rings. The van der Waals surface area contributed by atoms with Crippen molar-refractivity contribution in [2.75, 3.05) is 13.2 Å². The zero-order chi connectivity index (χ0) is 13.7. The minimum Gasteiger partial charge on any atom is -0.381 e. The van der Waals surface area contributed by atoms with Gasteiger partial charge < -0.3 is 9.72 Å². The lowest BCUT2D eigenvalue weighted by Crippen LogP contribution is -2.17. The number of halogens is 1. The molecule has 0 fully saturated rings. The highest BCUT2D eigenvalue weighted by molar-refractivity contribution is 5.75. The summed E-state index contributed by atoms with van der Waals surface area (Å²) in [5, 5.41) is 0. The van der Waals surface area contributed by atoms with Crippen LogP contribution in [0.25, 0.3) is 11.0 Å². The number of H-pyrrole nitrogens is 1. The van der Waals surface area contributed by atoms with Crippen molar-refractivity contribution < 1.29 is 9.13 Å². The van der Waals surface area contributed by atoms with Crippen molar-refractivity contribution in [1.82, 2.24) is 9.55 Å². The molecule has 0 aliphatic heterocycles. The predicted molar refractivity (Wildman–Crippen MR) is 72.9 cm³/mol. The van der Waals surface area contributed by atoms with Crippen molar-refractivity contribution in [2.45, 2.75) is 32.7 Å². The Morgan fingerprint density at radius 1 is 1.32 bits per heavy atom. The first kappa shape index (κ1) is 13.8. The van der Waals surface area contributed by atoms with Gasteiger partial charge in [-0.3, -0.25) is 4.57 Å². The molecule has 4 nitrogen and oxygen atoms in total. The van der Waals surface area contributed by atoms with E-state index >= 15 is 0 Å². The van der Waals surface area contributed by atoms with Gasteiger partial charge in [-0.2, -0.15) is 0 Å². The number of nitrogens with one attached hydrogen (secondary N) is 1. The minimum absolute atomic E-state index is 0.200. The topological polar surface area (TPSA) is 47.0 Å². The summed E-state index contributed by atoms with van der Waals surface area (Å²) < 4.78 is 20.1. The molecule has 19 heavy (non-hydrogen) atoms. The van der Waals surface area contributed by atoms with Gasteiger partial charge >= 0.3 is 5.69 Å². The van der Waals surface area contributed by atoms with Crippen LogP contribution < -0.4 is 5.69 Å². The van der Waals surface area contributed by atoms with Crippen molar-refractivity contribution in [3.05, 3.63) is 34.5 Å². The maximum absolute atomic E-state index is 13.1. The lowest BCUT2D eigenvalue weighted by molar-refractivity contribution is 0.126. The zero-order valence-corrected chi connectivity index (χ0v) is 11.1. The Bertz CT molecular complexity index is 589. The average molecular weight is 266 g/mol. The molecule has 1 N–H and O–H groups in total. The fraction of sp³-hybridized carbons (Fsp3) is 0.500. The lowest BCUT2D eigenvalue weighted by atomic mass is 10.3. The maximum atomic E-state index is 13.1. The molecule has 0 saturated heterocycles. The quantitative estimate of drug-likeness (QED) is 0.783. The summed E-state index contributed by atoms with van der Waals surface area (Å²) in [5.41, 5.74) is 1.08. The monoisotopic (exact) mass is 266 g/mol. The molecular formula is C14H19FN2O2. The fourth-order valence-corrected chi connectivity index (χ4v) is 2.03. The molecule has 2 rings (SSSR count). The summed E-state index contributed by atoms with van der Waals surface area (Å²) in [6.07, 6.45) is 2.95. The first-order chi connectivity index (χ1) is 9.22. The van der Waals surface area contributed by atoms with Gasteiger partial charge in [-0.1, -0.05) is 13.3 Å². The molecule has 0 aliphatic rings. The number of aromatic nitrogens is 2. The standard InChI is InChI=1S/C14H19FN2O2/c1-2-3-8-19-9-4-7-17-13-6-5-11(15)10-12(13)16-14(17)18/h5-6,10H,2-4,7-9H2,1H3,(H,16,18). The molecule has 0 radical (unpaired) electrons. The number of aromatic amines is 1. The Kier molecular flexibility index (Phi) is 4.74. The molecule has 5 heteroatoms. The first-order valence-electron chi connectivity index (χ1n) is 6.68. The number of benzene rings is 1. The number of unbranched alkanes of at least 4 members (excludes halogenated alkanes) is 1. The molecule has 0 amide bonds. The van der Waals surface area contributed by atoms with Crippen molar-refractivity contribution in [2.24, 2.45) is 0 Å². The lowest BCUT2D eigenvalue weighted by Gasteiger charge is -2.04. The number of hydrogen-bond acceptors (Lipinski definition) is 2. The van der Waals surface area contributed by atoms with Gasteiger partial charge in [-0.15, -0.1) is 0 Å². The van der Waals surface area contributed by atoms with E-state index < -0.39 is 0 Å². The van der Waals surface area contributed by atoms with Gasteiger partial charge in [0.2, 0.25) is 0 Å². The Morgan fingerprint density at radius 3 is 2.89 bits per heavy atom. The van der Waals surface area contributed by atoms with Gasteiger partial charge in [0.1, 0.15) is 5.82 Å². The molecular weight excluding hydrogens is 247 g/mol. The zero-order valence-electron chi connectivity index (χ0n) is 11.1. The number of nitrogens with zero attached hydrogens (tertiary/aromatic N) is 1. The van der Waals surface area contributed by atoms with Crippen LogP contribution in [0.2, 0.25) is 0 Å². The predicted octanol–water partition coefficient (Wildman–Crippen LogP) is 2.68. The van der Waals surface area contributed by atoms with Gasteiger partial charge in [-0.25, -0.2) is 9.18 Å². The number of ether oxygens (including phenoxy) is 1. The third-order valence-corrected chi connectivity index (χ3v) is 3.05. The normalized spacial score (nSPS) is 11.3. The van der Waals surface area contributed by atoms with Gasteiger partial charge in [0.25, 0.3) is 0 Å². The van der Waals surface area contributed by atoms with Gasteiger partial charge in [0.05, 0.1) is 11.0 Å². The van der Waals surface area contributed by atoms with Crippen LogP contribution in [-0.4, -0.2) is 22.8 Å². The van der Waals surface area contributed by atoms with Gasteiger partial charge in [0.15, 0.2) is 0 Å². The van der Waals surface area contributed by atoms with Gasteiger partial charge in [-0.05, 0) is 31.0 Å². The SMILES string of the molecule is CCCCOCCCn1c(=O)[nH]c2cc(F)ccc21. The molecule has 0 spiro atoms. The summed E-state index contributed by atoms with van der Waals surface area (Å²) in [4.78, 5) is 14.4. The third kappa shape index (κ3) is 3.44. The average Bonchev–Trinajstić information content (AvgIpc) is 2.69. The molecule has 1 heterocycles. The van der Waals surface area contributed by atoms with E-state index in [-0.39, 0.29) is 11.5 Å². The summed E-state index contributed by atoms with van der Waals surface area (Å²) >= 11 is 0. The van der Waals surface area contributed by atoms with Gasteiger partial charge in [0, 0.05) is 19.8 Å². The summed E-state index contributed by atoms with van der Waals surface area (Å²) in [6.45, 7) is 4.11. The van der Waals surface area contributed by atoms with Crippen molar-refractivity contribution in [1.29, 1.82) is 0 Å². The molecule has 0 bridgehead atoms.